The van der Waals surface area contributed by atoms with Gasteiger partial charge in [0.2, 0.25) is 0 Å². The molecule has 48 valence electrons. The Bertz CT molecular complexity index is 152. The molecule has 0 aliphatic heterocycles. The Kier molecular flexibility index (Phi) is 0.360. The van der Waals surface area contributed by atoms with Crippen LogP contribution in [0, 0.1) is 41.4 Å². The maximum Gasteiger partial charge on any atom is -0.0312 e. The largest absolute Gasteiger partial charge is 0.0651 e. The van der Waals surface area contributed by atoms with Crippen molar-refractivity contribution in [1.82, 2.24) is 0 Å². The van der Waals surface area contributed by atoms with Gasteiger partial charge >= 0.3 is 0 Å². The molecule has 2 bridgehead atoms. The molecule has 0 aromatic rings. The van der Waals surface area contributed by atoms with Crippen molar-refractivity contribution in [3.63, 3.8) is 0 Å². The molecule has 5 saturated carbocycles. The van der Waals surface area contributed by atoms with Gasteiger partial charge in [0.15, 0.2) is 0 Å². The third kappa shape index (κ3) is 0.199. The maximum atomic E-state index is 2.39. The van der Waals surface area contributed by atoms with E-state index >= 15 is 0 Å². The molecule has 0 saturated heterocycles. The molecule has 5 aliphatic rings. The second-order valence-corrected chi connectivity index (χ2v) is 4.54. The molecule has 5 aliphatic carbocycles. The van der Waals surface area contributed by atoms with Crippen molar-refractivity contribution in [2.24, 2.45) is 41.4 Å². The van der Waals surface area contributed by atoms with Gasteiger partial charge in [0.05, 0.1) is 0 Å². The minimum atomic E-state index is 1.22. The molecule has 0 atom stereocenters. The first kappa shape index (κ1) is 4.00. The monoisotopic (exact) mass is 120 g/mol. The molecular formula is C9H12. The van der Waals surface area contributed by atoms with E-state index in [9.17, 15) is 0 Å². The van der Waals surface area contributed by atoms with Gasteiger partial charge in [-0.2, -0.15) is 0 Å². The van der Waals surface area contributed by atoms with Crippen LogP contribution in [0.15, 0.2) is 0 Å². The summed E-state index contributed by atoms with van der Waals surface area (Å²) in [6.07, 6.45) is 1.50. The Hall–Kier alpha value is 0. The van der Waals surface area contributed by atoms with Crippen LogP contribution in [0.1, 0.15) is 13.3 Å². The summed E-state index contributed by atoms with van der Waals surface area (Å²) < 4.78 is 0. The fourth-order valence-electron chi connectivity index (χ4n) is 4.62. The van der Waals surface area contributed by atoms with E-state index in [1.807, 2.05) is 0 Å². The first-order valence-electron chi connectivity index (χ1n) is 4.45. The normalized spacial score (nSPS) is 85.7. The second-order valence-electron chi connectivity index (χ2n) is 4.54. The molecule has 0 nitrogen and oxygen atoms in total. The van der Waals surface area contributed by atoms with E-state index in [4.69, 9.17) is 0 Å². The zero-order valence-electron chi connectivity index (χ0n) is 5.75. The van der Waals surface area contributed by atoms with Gasteiger partial charge in [-0.1, -0.05) is 13.3 Å². The lowest BCUT2D eigenvalue weighted by Crippen LogP contribution is -2.00. The average Bonchev–Trinajstić information content (AvgIpc) is 2.50. The molecule has 5 rings (SSSR count). The SMILES string of the molecule is CCC1C2C3C2C2C1C32. The standard InChI is InChI=1S/C9H12/c1-2-3-4-6-7(4)9-5(3)8(6)9/h3-9H,2H2,1H3. The molecule has 0 unspecified atom stereocenters. The van der Waals surface area contributed by atoms with Crippen LogP contribution in [0.3, 0.4) is 0 Å². The van der Waals surface area contributed by atoms with Gasteiger partial charge in [-0.25, -0.2) is 0 Å². The van der Waals surface area contributed by atoms with Crippen molar-refractivity contribution in [2.75, 3.05) is 0 Å². The van der Waals surface area contributed by atoms with E-state index in [0.717, 1.165) is 0 Å². The predicted molar refractivity (Wildman–Crippen MR) is 34.7 cm³/mol. The Morgan fingerprint density at radius 2 is 1.22 bits per heavy atom. The van der Waals surface area contributed by atoms with Gasteiger partial charge in [0.1, 0.15) is 0 Å². The minimum Gasteiger partial charge on any atom is -0.0651 e. The van der Waals surface area contributed by atoms with Crippen molar-refractivity contribution in [2.45, 2.75) is 13.3 Å². The lowest BCUT2D eigenvalue weighted by molar-refractivity contribution is 0.434. The summed E-state index contributed by atoms with van der Waals surface area (Å²) in [5.74, 6) is 8.95. The van der Waals surface area contributed by atoms with Gasteiger partial charge < -0.3 is 0 Å². The van der Waals surface area contributed by atoms with Crippen LogP contribution < -0.4 is 0 Å². The van der Waals surface area contributed by atoms with Crippen molar-refractivity contribution >= 4 is 0 Å². The predicted octanol–water partition coefficient (Wildman–Crippen LogP) is 1.76. The Morgan fingerprint density at radius 3 is 1.44 bits per heavy atom. The van der Waals surface area contributed by atoms with Gasteiger partial charge in [0.25, 0.3) is 0 Å². The topological polar surface area (TPSA) is 0 Å². The quantitative estimate of drug-likeness (QED) is 0.494. The summed E-state index contributed by atoms with van der Waals surface area (Å²) in [6, 6.07) is 0. The second kappa shape index (κ2) is 0.810. The van der Waals surface area contributed by atoms with Crippen LogP contribution in [0.2, 0.25) is 0 Å². The van der Waals surface area contributed by atoms with Gasteiger partial charge in [-0.15, -0.1) is 0 Å². The number of hydrogen-bond acceptors (Lipinski definition) is 0. The lowest BCUT2D eigenvalue weighted by Gasteiger charge is -2.04. The fourth-order valence-corrected chi connectivity index (χ4v) is 4.62. The summed E-state index contributed by atoms with van der Waals surface area (Å²) in [6.45, 7) is 2.39. The molecule has 0 aromatic heterocycles. The smallest absolute Gasteiger partial charge is 0.0312 e. The maximum absolute atomic E-state index is 2.39. The van der Waals surface area contributed by atoms with E-state index in [2.05, 4.69) is 6.92 Å². The summed E-state index contributed by atoms with van der Waals surface area (Å²) in [4.78, 5) is 0. The number of rotatable bonds is 1. The van der Waals surface area contributed by atoms with Gasteiger partial charge in [-0.05, 0) is 41.4 Å². The lowest BCUT2D eigenvalue weighted by atomic mass is 10.0. The summed E-state index contributed by atoms with van der Waals surface area (Å²) >= 11 is 0. The van der Waals surface area contributed by atoms with Crippen molar-refractivity contribution < 1.29 is 0 Å². The van der Waals surface area contributed by atoms with Crippen LogP contribution in [0.25, 0.3) is 0 Å². The highest BCUT2D eigenvalue weighted by Gasteiger charge is 2.90. The third-order valence-corrected chi connectivity index (χ3v) is 4.73. The molecule has 0 heteroatoms. The summed E-state index contributed by atoms with van der Waals surface area (Å²) in [5.41, 5.74) is 0. The highest BCUT2D eigenvalue weighted by molar-refractivity contribution is 5.37. The highest BCUT2D eigenvalue weighted by Crippen LogP contribution is 2.94. The van der Waals surface area contributed by atoms with E-state index in [1.165, 1.54) is 47.8 Å². The van der Waals surface area contributed by atoms with Crippen LogP contribution in [-0.2, 0) is 0 Å². The highest BCUT2D eigenvalue weighted by atomic mass is 14.9. The van der Waals surface area contributed by atoms with Crippen LogP contribution in [-0.4, -0.2) is 0 Å². The zero-order chi connectivity index (χ0) is 5.75. The van der Waals surface area contributed by atoms with Crippen LogP contribution >= 0.6 is 0 Å². The minimum absolute atomic E-state index is 1.22. The van der Waals surface area contributed by atoms with Gasteiger partial charge in [-0.3, -0.25) is 0 Å². The van der Waals surface area contributed by atoms with Gasteiger partial charge in [0, 0.05) is 0 Å². The van der Waals surface area contributed by atoms with E-state index in [1.54, 1.807) is 0 Å². The first-order chi connectivity index (χ1) is 4.45. The molecule has 0 N–H and O–H groups in total. The molecule has 0 heterocycles. The Labute approximate surface area is 55.6 Å². The molecular weight excluding hydrogens is 108 g/mol. The molecule has 0 aromatic carbocycles. The molecule has 0 spiro atoms. The van der Waals surface area contributed by atoms with E-state index in [0.29, 0.717) is 0 Å². The fraction of sp³-hybridized carbons (Fsp3) is 1.00. The van der Waals surface area contributed by atoms with Crippen molar-refractivity contribution in [3.05, 3.63) is 0 Å². The van der Waals surface area contributed by atoms with Crippen LogP contribution in [0.5, 0.6) is 0 Å². The van der Waals surface area contributed by atoms with E-state index < -0.39 is 0 Å². The Morgan fingerprint density at radius 1 is 0.778 bits per heavy atom. The summed E-state index contributed by atoms with van der Waals surface area (Å²) in [7, 11) is 0. The number of hydrogen-bond donors (Lipinski definition) is 0. The molecule has 0 radical (unpaired) electrons. The average molecular weight is 120 g/mol. The summed E-state index contributed by atoms with van der Waals surface area (Å²) in [5, 5.41) is 0. The molecule has 9 heavy (non-hydrogen) atoms. The van der Waals surface area contributed by atoms with Crippen molar-refractivity contribution in [1.29, 1.82) is 0 Å². The van der Waals surface area contributed by atoms with E-state index in [-0.39, 0.29) is 0 Å². The molecule has 0 amide bonds. The molecule has 5 fully saturated rings. The zero-order valence-corrected chi connectivity index (χ0v) is 5.75. The first-order valence-corrected chi connectivity index (χ1v) is 4.45. The van der Waals surface area contributed by atoms with Crippen LogP contribution in [0.4, 0.5) is 0 Å². The Balaban J connectivity index is 1.87. The van der Waals surface area contributed by atoms with Crippen molar-refractivity contribution in [3.8, 4) is 0 Å². The third-order valence-electron chi connectivity index (χ3n) is 4.73.